The van der Waals surface area contributed by atoms with E-state index in [1.807, 2.05) is 31.3 Å². The molecule has 2 heterocycles. The fourth-order valence-corrected chi connectivity index (χ4v) is 2.94. The number of hydrogen-bond donors (Lipinski definition) is 2. The summed E-state index contributed by atoms with van der Waals surface area (Å²) in [5.41, 5.74) is 0.929. The topological polar surface area (TPSA) is 61.3 Å². The lowest BCUT2D eigenvalue weighted by atomic mass is 10.0. The molecule has 0 spiro atoms. The molecule has 0 bridgehead atoms. The molecule has 3 rings (SSSR count). The van der Waals surface area contributed by atoms with Gasteiger partial charge in [0.15, 0.2) is 0 Å². The highest BCUT2D eigenvalue weighted by Gasteiger charge is 2.32. The van der Waals surface area contributed by atoms with Gasteiger partial charge in [-0.3, -0.25) is 0 Å². The first-order chi connectivity index (χ1) is 9.74. The third-order valence-electron chi connectivity index (χ3n) is 4.15. The zero-order chi connectivity index (χ0) is 14.1. The Morgan fingerprint density at radius 2 is 2.15 bits per heavy atom. The van der Waals surface area contributed by atoms with Crippen molar-refractivity contribution in [3.63, 3.8) is 0 Å². The molecule has 1 aliphatic heterocycles. The van der Waals surface area contributed by atoms with Gasteiger partial charge in [-0.25, -0.2) is 4.98 Å². The van der Waals surface area contributed by atoms with Crippen molar-refractivity contribution in [2.45, 2.75) is 19.4 Å². The predicted molar refractivity (Wildman–Crippen MR) is 81.1 cm³/mol. The van der Waals surface area contributed by atoms with Crippen molar-refractivity contribution in [2.24, 2.45) is 5.92 Å². The molecule has 1 fully saturated rings. The maximum absolute atomic E-state index is 9.67. The Labute approximate surface area is 118 Å². The Hall–Kier alpha value is -1.88. The first-order valence-corrected chi connectivity index (χ1v) is 7.06. The van der Waals surface area contributed by atoms with Crippen LogP contribution in [0.15, 0.2) is 24.3 Å². The van der Waals surface area contributed by atoms with Crippen LogP contribution in [0.2, 0.25) is 0 Å². The van der Waals surface area contributed by atoms with Gasteiger partial charge in [0.1, 0.15) is 5.82 Å². The molecule has 2 aromatic rings. The van der Waals surface area contributed by atoms with E-state index >= 15 is 0 Å². The van der Waals surface area contributed by atoms with Crippen molar-refractivity contribution in [1.29, 1.82) is 0 Å². The SMILES string of the molecule is CNc1nc(N2CCC(C)C2CO)c2ccccc2n1. The summed E-state index contributed by atoms with van der Waals surface area (Å²) in [6.07, 6.45) is 1.08. The molecule has 1 aromatic heterocycles. The highest BCUT2D eigenvalue weighted by atomic mass is 16.3. The van der Waals surface area contributed by atoms with Crippen molar-refractivity contribution in [2.75, 3.05) is 30.4 Å². The molecule has 106 valence electrons. The maximum Gasteiger partial charge on any atom is 0.224 e. The van der Waals surface area contributed by atoms with Crippen LogP contribution < -0.4 is 10.2 Å². The molecule has 0 aliphatic carbocycles. The van der Waals surface area contributed by atoms with Gasteiger partial charge in [-0.1, -0.05) is 19.1 Å². The van der Waals surface area contributed by atoms with Crippen LogP contribution in [0.1, 0.15) is 13.3 Å². The molecule has 0 saturated carbocycles. The first kappa shape index (κ1) is 13.1. The average Bonchev–Trinajstić information content (AvgIpc) is 2.86. The van der Waals surface area contributed by atoms with Crippen LogP contribution in [0.5, 0.6) is 0 Å². The Kier molecular flexibility index (Phi) is 3.44. The summed E-state index contributed by atoms with van der Waals surface area (Å²) in [6, 6.07) is 8.16. The summed E-state index contributed by atoms with van der Waals surface area (Å²) < 4.78 is 0. The number of nitrogens with one attached hydrogen (secondary N) is 1. The average molecular weight is 272 g/mol. The van der Waals surface area contributed by atoms with Gasteiger partial charge >= 0.3 is 0 Å². The summed E-state index contributed by atoms with van der Waals surface area (Å²) in [5.74, 6) is 2.02. The van der Waals surface area contributed by atoms with Crippen molar-refractivity contribution in [1.82, 2.24) is 9.97 Å². The second-order valence-electron chi connectivity index (χ2n) is 5.35. The van der Waals surface area contributed by atoms with Crippen molar-refractivity contribution < 1.29 is 5.11 Å². The molecule has 20 heavy (non-hydrogen) atoms. The lowest BCUT2D eigenvalue weighted by Crippen LogP contribution is -2.36. The molecular weight excluding hydrogens is 252 g/mol. The number of fused-ring (bicyclic) bond motifs is 1. The number of nitrogens with zero attached hydrogens (tertiary/aromatic N) is 3. The number of aromatic nitrogens is 2. The van der Waals surface area contributed by atoms with Crippen molar-refractivity contribution >= 4 is 22.7 Å². The van der Waals surface area contributed by atoms with Gasteiger partial charge in [-0.15, -0.1) is 0 Å². The molecule has 0 radical (unpaired) electrons. The van der Waals surface area contributed by atoms with Gasteiger partial charge in [0.05, 0.1) is 18.2 Å². The molecule has 2 unspecified atom stereocenters. The summed E-state index contributed by atoms with van der Waals surface area (Å²) in [5, 5.41) is 13.7. The first-order valence-electron chi connectivity index (χ1n) is 7.06. The fourth-order valence-electron chi connectivity index (χ4n) is 2.94. The Morgan fingerprint density at radius 1 is 1.35 bits per heavy atom. The fraction of sp³-hybridized carbons (Fsp3) is 0.467. The number of benzene rings is 1. The molecule has 2 atom stereocenters. The number of aliphatic hydroxyl groups excluding tert-OH is 1. The van der Waals surface area contributed by atoms with Crippen LogP contribution in [0.3, 0.4) is 0 Å². The minimum atomic E-state index is 0.137. The van der Waals surface area contributed by atoms with Crippen LogP contribution in [-0.2, 0) is 0 Å². The van der Waals surface area contributed by atoms with E-state index in [1.165, 1.54) is 0 Å². The van der Waals surface area contributed by atoms with Gasteiger partial charge in [-0.2, -0.15) is 4.98 Å². The summed E-state index contributed by atoms with van der Waals surface area (Å²) in [4.78, 5) is 11.3. The number of anilines is 2. The van der Waals surface area contributed by atoms with Crippen LogP contribution in [0.25, 0.3) is 10.9 Å². The molecule has 1 aliphatic rings. The summed E-state index contributed by atoms with van der Waals surface area (Å²) >= 11 is 0. The van der Waals surface area contributed by atoms with E-state index in [0.29, 0.717) is 11.9 Å². The van der Waals surface area contributed by atoms with Gasteiger partial charge in [0.2, 0.25) is 5.95 Å². The zero-order valence-corrected chi connectivity index (χ0v) is 11.9. The lowest BCUT2D eigenvalue weighted by molar-refractivity contribution is 0.244. The lowest BCUT2D eigenvalue weighted by Gasteiger charge is -2.27. The smallest absolute Gasteiger partial charge is 0.224 e. The van der Waals surface area contributed by atoms with E-state index in [9.17, 15) is 5.11 Å². The van der Waals surface area contributed by atoms with Gasteiger partial charge < -0.3 is 15.3 Å². The molecular formula is C15H20N4O. The van der Waals surface area contributed by atoms with E-state index in [0.717, 1.165) is 29.7 Å². The third kappa shape index (κ3) is 2.08. The quantitative estimate of drug-likeness (QED) is 0.893. The summed E-state index contributed by atoms with van der Waals surface area (Å²) in [7, 11) is 1.82. The van der Waals surface area contributed by atoms with E-state index in [4.69, 9.17) is 0 Å². The molecule has 1 saturated heterocycles. The highest BCUT2D eigenvalue weighted by Crippen LogP contribution is 2.33. The van der Waals surface area contributed by atoms with Crippen LogP contribution in [-0.4, -0.2) is 41.3 Å². The second-order valence-corrected chi connectivity index (χ2v) is 5.35. The van der Waals surface area contributed by atoms with E-state index in [-0.39, 0.29) is 12.6 Å². The zero-order valence-electron chi connectivity index (χ0n) is 11.9. The van der Waals surface area contributed by atoms with E-state index in [2.05, 4.69) is 27.1 Å². The minimum Gasteiger partial charge on any atom is -0.394 e. The molecule has 5 nitrogen and oxygen atoms in total. The Balaban J connectivity index is 2.14. The minimum absolute atomic E-state index is 0.137. The molecule has 5 heteroatoms. The Bertz CT molecular complexity index is 616. The number of hydrogen-bond acceptors (Lipinski definition) is 5. The maximum atomic E-state index is 9.67. The molecule has 2 N–H and O–H groups in total. The van der Waals surface area contributed by atoms with Gasteiger partial charge in [-0.05, 0) is 24.5 Å². The van der Waals surface area contributed by atoms with Crippen molar-refractivity contribution in [3.05, 3.63) is 24.3 Å². The normalized spacial score (nSPS) is 22.4. The second kappa shape index (κ2) is 5.25. The van der Waals surface area contributed by atoms with Crippen LogP contribution in [0.4, 0.5) is 11.8 Å². The van der Waals surface area contributed by atoms with Crippen molar-refractivity contribution in [3.8, 4) is 0 Å². The van der Waals surface area contributed by atoms with Gasteiger partial charge in [0, 0.05) is 19.0 Å². The number of aliphatic hydroxyl groups is 1. The monoisotopic (exact) mass is 272 g/mol. The van der Waals surface area contributed by atoms with E-state index in [1.54, 1.807) is 0 Å². The largest absolute Gasteiger partial charge is 0.394 e. The van der Waals surface area contributed by atoms with Gasteiger partial charge in [0.25, 0.3) is 0 Å². The predicted octanol–water partition coefficient (Wildman–Crippen LogP) is 1.88. The summed E-state index contributed by atoms with van der Waals surface area (Å²) in [6.45, 7) is 3.27. The molecule has 0 amide bonds. The molecule has 1 aromatic carbocycles. The Morgan fingerprint density at radius 3 is 2.90 bits per heavy atom. The number of para-hydroxylation sites is 1. The standard InChI is InChI=1S/C15H20N4O/c1-10-7-8-19(13(10)9-20)14-11-5-3-4-6-12(11)17-15(16-2)18-14/h3-6,10,13,20H,7-9H2,1-2H3,(H,16,17,18). The highest BCUT2D eigenvalue weighted by molar-refractivity contribution is 5.90. The van der Waals surface area contributed by atoms with Crippen LogP contribution >= 0.6 is 0 Å². The van der Waals surface area contributed by atoms with E-state index < -0.39 is 0 Å². The third-order valence-corrected chi connectivity index (χ3v) is 4.15. The number of rotatable bonds is 3. The van der Waals surface area contributed by atoms with Crippen LogP contribution in [0, 0.1) is 5.92 Å².